The molecule has 0 unspecified atom stereocenters. The number of halogens is 2. The van der Waals surface area contributed by atoms with Gasteiger partial charge in [0.1, 0.15) is 6.20 Å². The van der Waals surface area contributed by atoms with Crippen LogP contribution in [-0.2, 0) is 0 Å². The molecular formula is C11H9F2NO2. The first-order valence-electron chi connectivity index (χ1n) is 4.74. The van der Waals surface area contributed by atoms with Gasteiger partial charge in [0.25, 0.3) is 0 Å². The summed E-state index contributed by atoms with van der Waals surface area (Å²) in [5.74, 6) is -1.39. The molecule has 0 saturated heterocycles. The molecule has 5 heteroatoms. The second-order valence-electron chi connectivity index (χ2n) is 3.05. The number of oxazole rings is 1. The lowest BCUT2D eigenvalue weighted by Gasteiger charge is -1.97. The van der Waals surface area contributed by atoms with Gasteiger partial charge in [0, 0.05) is 5.56 Å². The Morgan fingerprint density at radius 1 is 1.31 bits per heavy atom. The van der Waals surface area contributed by atoms with E-state index in [0.717, 1.165) is 12.1 Å². The lowest BCUT2D eigenvalue weighted by atomic mass is 10.2. The predicted molar refractivity (Wildman–Crippen MR) is 53.0 cm³/mol. The van der Waals surface area contributed by atoms with Crippen molar-refractivity contribution in [3.63, 3.8) is 0 Å². The Bertz CT molecular complexity index is 496. The number of benzene rings is 1. The monoisotopic (exact) mass is 225 g/mol. The summed E-state index contributed by atoms with van der Waals surface area (Å²) in [5, 5.41) is 0. The van der Waals surface area contributed by atoms with E-state index < -0.39 is 11.6 Å². The van der Waals surface area contributed by atoms with Crippen LogP contribution in [0.5, 0.6) is 5.95 Å². The van der Waals surface area contributed by atoms with Gasteiger partial charge in [0.2, 0.25) is 5.89 Å². The first-order valence-corrected chi connectivity index (χ1v) is 4.74. The van der Waals surface area contributed by atoms with Crippen molar-refractivity contribution in [1.82, 2.24) is 4.98 Å². The summed E-state index contributed by atoms with van der Waals surface area (Å²) in [6.45, 7) is 2.26. The fourth-order valence-corrected chi connectivity index (χ4v) is 1.23. The normalized spacial score (nSPS) is 10.4. The molecule has 2 rings (SSSR count). The van der Waals surface area contributed by atoms with Gasteiger partial charge in [-0.1, -0.05) is 0 Å². The second kappa shape index (κ2) is 4.30. The third-order valence-electron chi connectivity index (χ3n) is 1.94. The zero-order valence-corrected chi connectivity index (χ0v) is 8.54. The van der Waals surface area contributed by atoms with E-state index in [2.05, 4.69) is 4.98 Å². The van der Waals surface area contributed by atoms with Gasteiger partial charge in [0.05, 0.1) is 6.61 Å². The largest absolute Gasteiger partial charge is 0.464 e. The van der Waals surface area contributed by atoms with Crippen LogP contribution in [0.15, 0.2) is 28.8 Å². The van der Waals surface area contributed by atoms with Crippen LogP contribution in [0.25, 0.3) is 11.5 Å². The van der Waals surface area contributed by atoms with Crippen molar-refractivity contribution in [3.05, 3.63) is 36.0 Å². The van der Waals surface area contributed by atoms with Gasteiger partial charge < -0.3 is 9.15 Å². The second-order valence-corrected chi connectivity index (χ2v) is 3.05. The summed E-state index contributed by atoms with van der Waals surface area (Å²) in [4.78, 5) is 3.90. The van der Waals surface area contributed by atoms with Crippen LogP contribution < -0.4 is 4.74 Å². The number of hydrogen-bond donors (Lipinski definition) is 0. The number of hydrogen-bond acceptors (Lipinski definition) is 3. The third-order valence-corrected chi connectivity index (χ3v) is 1.94. The van der Waals surface area contributed by atoms with Gasteiger partial charge in [-0.05, 0) is 25.1 Å². The van der Waals surface area contributed by atoms with Crippen LogP contribution >= 0.6 is 0 Å². The molecule has 0 atom stereocenters. The molecular weight excluding hydrogens is 216 g/mol. The highest BCUT2D eigenvalue weighted by Gasteiger charge is 2.10. The fourth-order valence-electron chi connectivity index (χ4n) is 1.23. The smallest absolute Gasteiger partial charge is 0.305 e. The zero-order chi connectivity index (χ0) is 11.5. The minimum atomic E-state index is -0.936. The van der Waals surface area contributed by atoms with Crippen LogP contribution in [0.2, 0.25) is 0 Å². The molecule has 0 aliphatic heterocycles. The zero-order valence-electron chi connectivity index (χ0n) is 8.54. The number of ether oxygens (including phenoxy) is 1. The van der Waals surface area contributed by atoms with Crippen LogP contribution in [0.3, 0.4) is 0 Å². The standard InChI is InChI=1S/C11H9F2NO2/c1-2-15-10-6-14-11(16-10)7-3-4-8(12)9(13)5-7/h3-6H,2H2,1H3. The van der Waals surface area contributed by atoms with E-state index in [4.69, 9.17) is 9.15 Å². The van der Waals surface area contributed by atoms with Gasteiger partial charge in [0.15, 0.2) is 11.6 Å². The highest BCUT2D eigenvalue weighted by molar-refractivity contribution is 5.53. The molecule has 1 aromatic carbocycles. The maximum Gasteiger partial charge on any atom is 0.305 e. The fraction of sp³-hybridized carbons (Fsp3) is 0.182. The van der Waals surface area contributed by atoms with Crippen molar-refractivity contribution in [2.45, 2.75) is 6.92 Å². The molecule has 84 valence electrons. The number of aromatic nitrogens is 1. The number of rotatable bonds is 3. The van der Waals surface area contributed by atoms with E-state index in [-0.39, 0.29) is 11.8 Å². The average Bonchev–Trinajstić information content (AvgIpc) is 2.71. The topological polar surface area (TPSA) is 35.3 Å². The van der Waals surface area contributed by atoms with E-state index in [1.807, 2.05) is 0 Å². The summed E-state index contributed by atoms with van der Waals surface area (Å²) in [7, 11) is 0. The quantitative estimate of drug-likeness (QED) is 0.805. The van der Waals surface area contributed by atoms with E-state index in [1.165, 1.54) is 12.3 Å². The molecule has 0 aliphatic rings. The van der Waals surface area contributed by atoms with Gasteiger partial charge in [-0.3, -0.25) is 0 Å². The maximum absolute atomic E-state index is 12.9. The minimum absolute atomic E-state index is 0.197. The third kappa shape index (κ3) is 2.03. The lowest BCUT2D eigenvalue weighted by Crippen LogP contribution is -1.88. The molecule has 0 spiro atoms. The van der Waals surface area contributed by atoms with E-state index in [0.29, 0.717) is 12.2 Å². The van der Waals surface area contributed by atoms with Gasteiger partial charge in [-0.15, -0.1) is 0 Å². The minimum Gasteiger partial charge on any atom is -0.464 e. The van der Waals surface area contributed by atoms with Gasteiger partial charge in [-0.2, -0.15) is 0 Å². The Morgan fingerprint density at radius 2 is 2.12 bits per heavy atom. The molecule has 16 heavy (non-hydrogen) atoms. The molecule has 0 aliphatic carbocycles. The summed E-state index contributed by atoms with van der Waals surface area (Å²) in [5.41, 5.74) is 0.366. The predicted octanol–water partition coefficient (Wildman–Crippen LogP) is 3.02. The average molecular weight is 225 g/mol. The Hall–Kier alpha value is -1.91. The van der Waals surface area contributed by atoms with E-state index in [9.17, 15) is 8.78 Å². The van der Waals surface area contributed by atoms with Crippen molar-refractivity contribution in [2.75, 3.05) is 6.61 Å². The van der Waals surface area contributed by atoms with Gasteiger partial charge in [-0.25, -0.2) is 13.8 Å². The first kappa shape index (κ1) is 10.6. The molecule has 0 amide bonds. The van der Waals surface area contributed by atoms with Crippen LogP contribution in [0, 0.1) is 11.6 Å². The Labute approximate surface area is 90.7 Å². The molecule has 1 heterocycles. The molecule has 0 saturated carbocycles. The highest BCUT2D eigenvalue weighted by atomic mass is 19.2. The summed E-state index contributed by atoms with van der Waals surface area (Å²) in [6.07, 6.45) is 1.39. The van der Waals surface area contributed by atoms with Crippen molar-refractivity contribution in [2.24, 2.45) is 0 Å². The molecule has 0 fully saturated rings. The van der Waals surface area contributed by atoms with Crippen molar-refractivity contribution in [1.29, 1.82) is 0 Å². The van der Waals surface area contributed by atoms with Crippen molar-refractivity contribution < 1.29 is 17.9 Å². The van der Waals surface area contributed by atoms with Crippen molar-refractivity contribution in [3.8, 4) is 17.4 Å². The summed E-state index contributed by atoms with van der Waals surface area (Å²) >= 11 is 0. The van der Waals surface area contributed by atoms with Gasteiger partial charge >= 0.3 is 5.95 Å². The molecule has 3 nitrogen and oxygen atoms in total. The summed E-state index contributed by atoms with van der Waals surface area (Å²) in [6, 6.07) is 3.44. The van der Waals surface area contributed by atoms with Crippen molar-refractivity contribution >= 4 is 0 Å². The van der Waals surface area contributed by atoms with E-state index >= 15 is 0 Å². The SMILES string of the molecule is CCOc1cnc(-c2ccc(F)c(F)c2)o1. The number of nitrogens with zero attached hydrogens (tertiary/aromatic N) is 1. The van der Waals surface area contributed by atoms with Crippen LogP contribution in [0.1, 0.15) is 6.92 Å². The van der Waals surface area contributed by atoms with Crippen LogP contribution in [0.4, 0.5) is 8.78 Å². The molecule has 2 aromatic rings. The lowest BCUT2D eigenvalue weighted by molar-refractivity contribution is 0.260. The Morgan fingerprint density at radius 3 is 2.81 bits per heavy atom. The van der Waals surface area contributed by atoms with E-state index in [1.54, 1.807) is 6.92 Å². The Balaban J connectivity index is 2.31. The van der Waals surface area contributed by atoms with Crippen LogP contribution in [-0.4, -0.2) is 11.6 Å². The maximum atomic E-state index is 12.9. The molecule has 0 N–H and O–H groups in total. The molecule has 0 radical (unpaired) electrons. The molecule has 0 bridgehead atoms. The molecule has 1 aromatic heterocycles. The first-order chi connectivity index (χ1) is 7.70. The summed E-state index contributed by atoms with van der Waals surface area (Å²) < 4.78 is 35.9. The Kier molecular flexibility index (Phi) is 2.85. The highest BCUT2D eigenvalue weighted by Crippen LogP contribution is 2.24.